The van der Waals surface area contributed by atoms with Gasteiger partial charge in [0.2, 0.25) is 0 Å². The molecular weight excluding hydrogens is 214 g/mol. The molecule has 15 heavy (non-hydrogen) atoms. The summed E-state index contributed by atoms with van der Waals surface area (Å²) >= 11 is 1.51. The van der Waals surface area contributed by atoms with Crippen molar-refractivity contribution < 1.29 is 9.72 Å². The molecule has 0 amide bonds. The van der Waals surface area contributed by atoms with Crippen LogP contribution < -0.4 is 0 Å². The molecule has 0 aliphatic carbocycles. The van der Waals surface area contributed by atoms with Crippen LogP contribution in [0.25, 0.3) is 0 Å². The van der Waals surface area contributed by atoms with Crippen molar-refractivity contribution in [2.24, 2.45) is 0 Å². The number of carbonyl (C=O) groups is 1. The molecule has 0 heterocycles. The van der Waals surface area contributed by atoms with Gasteiger partial charge in [0.05, 0.1) is 10.7 Å². The summed E-state index contributed by atoms with van der Waals surface area (Å²) < 4.78 is 0. The van der Waals surface area contributed by atoms with Crippen LogP contribution in [-0.2, 0) is 0 Å². The summed E-state index contributed by atoms with van der Waals surface area (Å²) in [6.07, 6.45) is 0. The summed E-state index contributed by atoms with van der Waals surface area (Å²) in [5.74, 6) is 1.17. The number of hydrogen-bond acceptors (Lipinski definition) is 4. The lowest BCUT2D eigenvalue weighted by Gasteiger charge is -1.99. The number of ketones is 1. The molecule has 4 nitrogen and oxygen atoms in total. The Bertz CT molecular complexity index is 379. The predicted molar refractivity (Wildman–Crippen MR) is 60.4 cm³/mol. The maximum absolute atomic E-state index is 11.5. The highest BCUT2D eigenvalue weighted by atomic mass is 32.2. The second-order valence-corrected chi connectivity index (χ2v) is 4.14. The molecule has 0 saturated carbocycles. The molecule has 0 aliphatic rings. The van der Waals surface area contributed by atoms with Gasteiger partial charge in [0, 0.05) is 17.7 Å². The van der Waals surface area contributed by atoms with Crippen LogP contribution in [0.15, 0.2) is 24.3 Å². The summed E-state index contributed by atoms with van der Waals surface area (Å²) in [7, 11) is 0. The van der Waals surface area contributed by atoms with E-state index in [0.717, 1.165) is 5.75 Å². The van der Waals surface area contributed by atoms with Crippen molar-refractivity contribution in [2.75, 3.05) is 11.5 Å². The minimum absolute atomic E-state index is 0.0395. The fourth-order valence-corrected chi connectivity index (χ4v) is 1.63. The molecule has 1 rings (SSSR count). The lowest BCUT2D eigenvalue weighted by Crippen LogP contribution is -2.03. The second kappa shape index (κ2) is 5.50. The van der Waals surface area contributed by atoms with Gasteiger partial charge in [-0.15, -0.1) is 0 Å². The van der Waals surface area contributed by atoms with Crippen molar-refractivity contribution in [2.45, 2.75) is 6.92 Å². The average molecular weight is 225 g/mol. The van der Waals surface area contributed by atoms with Gasteiger partial charge < -0.3 is 0 Å². The highest BCUT2D eigenvalue weighted by Gasteiger charge is 2.10. The van der Waals surface area contributed by atoms with Crippen LogP contribution in [-0.4, -0.2) is 22.2 Å². The highest BCUT2D eigenvalue weighted by molar-refractivity contribution is 7.99. The van der Waals surface area contributed by atoms with Crippen molar-refractivity contribution in [3.63, 3.8) is 0 Å². The highest BCUT2D eigenvalue weighted by Crippen LogP contribution is 2.15. The van der Waals surface area contributed by atoms with Crippen molar-refractivity contribution in [3.8, 4) is 0 Å². The average Bonchev–Trinajstić information content (AvgIpc) is 2.26. The number of carbonyl (C=O) groups excluding carboxylic acids is 1. The number of Topliss-reactive ketones (excluding diaryl/α,β-unsaturated/α-hetero) is 1. The zero-order valence-electron chi connectivity index (χ0n) is 8.30. The largest absolute Gasteiger partial charge is 0.293 e. The SMILES string of the molecule is CCSCC(=O)c1cccc([N+](=O)[O-])c1. The van der Waals surface area contributed by atoms with E-state index in [1.54, 1.807) is 6.07 Å². The van der Waals surface area contributed by atoms with Crippen LogP contribution in [0.3, 0.4) is 0 Å². The molecule has 80 valence electrons. The third-order valence-corrected chi connectivity index (χ3v) is 2.69. The standard InChI is InChI=1S/C10H11NO3S/c1-2-15-7-10(12)8-4-3-5-9(6-8)11(13)14/h3-6H,2,7H2,1H3. The first-order valence-electron chi connectivity index (χ1n) is 4.50. The molecule has 0 bridgehead atoms. The van der Waals surface area contributed by atoms with Crippen molar-refractivity contribution in [1.29, 1.82) is 0 Å². The van der Waals surface area contributed by atoms with Gasteiger partial charge in [-0.05, 0) is 5.75 Å². The van der Waals surface area contributed by atoms with Gasteiger partial charge in [-0.3, -0.25) is 14.9 Å². The van der Waals surface area contributed by atoms with Gasteiger partial charge in [0.15, 0.2) is 5.78 Å². The van der Waals surface area contributed by atoms with E-state index in [1.165, 1.54) is 30.0 Å². The number of hydrogen-bond donors (Lipinski definition) is 0. The molecule has 0 fully saturated rings. The summed E-state index contributed by atoms with van der Waals surface area (Å²) in [6, 6.07) is 5.83. The quantitative estimate of drug-likeness (QED) is 0.439. The third kappa shape index (κ3) is 3.36. The van der Waals surface area contributed by atoms with Crippen LogP contribution in [0, 0.1) is 10.1 Å². The van der Waals surface area contributed by atoms with Crippen molar-refractivity contribution >= 4 is 23.2 Å². The maximum atomic E-state index is 11.5. The first-order valence-corrected chi connectivity index (χ1v) is 5.66. The van der Waals surface area contributed by atoms with Gasteiger partial charge in [-0.2, -0.15) is 11.8 Å². The fraction of sp³-hybridized carbons (Fsp3) is 0.300. The molecule has 1 aromatic rings. The summed E-state index contributed by atoms with van der Waals surface area (Å²) in [6.45, 7) is 1.96. The molecule has 0 aromatic heterocycles. The van der Waals surface area contributed by atoms with Gasteiger partial charge in [-0.1, -0.05) is 19.1 Å². The van der Waals surface area contributed by atoms with Gasteiger partial charge >= 0.3 is 0 Å². The molecule has 0 radical (unpaired) electrons. The van der Waals surface area contributed by atoms with Crippen LogP contribution in [0.2, 0.25) is 0 Å². The Morgan fingerprint density at radius 3 is 2.87 bits per heavy atom. The zero-order valence-corrected chi connectivity index (χ0v) is 9.12. The van der Waals surface area contributed by atoms with Crippen LogP contribution in [0.4, 0.5) is 5.69 Å². The van der Waals surface area contributed by atoms with Crippen molar-refractivity contribution in [1.82, 2.24) is 0 Å². The minimum atomic E-state index is -0.496. The van der Waals surface area contributed by atoms with Gasteiger partial charge in [-0.25, -0.2) is 0 Å². The smallest absolute Gasteiger partial charge is 0.270 e. The summed E-state index contributed by atoms with van der Waals surface area (Å²) in [5, 5.41) is 10.5. The lowest BCUT2D eigenvalue weighted by molar-refractivity contribution is -0.384. The first kappa shape index (κ1) is 11.7. The maximum Gasteiger partial charge on any atom is 0.270 e. The van der Waals surface area contributed by atoms with E-state index in [0.29, 0.717) is 11.3 Å². The predicted octanol–water partition coefficient (Wildman–Crippen LogP) is 2.53. The van der Waals surface area contributed by atoms with E-state index in [-0.39, 0.29) is 11.5 Å². The van der Waals surface area contributed by atoms with Crippen LogP contribution >= 0.6 is 11.8 Å². The topological polar surface area (TPSA) is 60.2 Å². The monoisotopic (exact) mass is 225 g/mol. The van der Waals surface area contributed by atoms with Gasteiger partial charge in [0.25, 0.3) is 5.69 Å². The number of nitrogens with zero attached hydrogens (tertiary/aromatic N) is 1. The Balaban J connectivity index is 2.81. The number of nitro groups is 1. The Hall–Kier alpha value is -1.36. The molecule has 0 N–H and O–H groups in total. The van der Waals surface area contributed by atoms with E-state index < -0.39 is 4.92 Å². The fourth-order valence-electron chi connectivity index (χ4n) is 1.07. The van der Waals surface area contributed by atoms with Crippen molar-refractivity contribution in [3.05, 3.63) is 39.9 Å². The third-order valence-electron chi connectivity index (χ3n) is 1.82. The second-order valence-electron chi connectivity index (χ2n) is 2.87. The Kier molecular flexibility index (Phi) is 4.30. The molecule has 0 unspecified atom stereocenters. The molecular formula is C10H11NO3S. The van der Waals surface area contributed by atoms with Crippen LogP contribution in [0.5, 0.6) is 0 Å². The first-order chi connectivity index (χ1) is 7.15. The number of thioether (sulfide) groups is 1. The summed E-state index contributed by atoms with van der Waals surface area (Å²) in [5.41, 5.74) is 0.368. The van der Waals surface area contributed by atoms with E-state index in [2.05, 4.69) is 0 Å². The van der Waals surface area contributed by atoms with E-state index in [9.17, 15) is 14.9 Å². The number of non-ortho nitro benzene ring substituents is 1. The minimum Gasteiger partial charge on any atom is -0.293 e. The molecule has 0 saturated heterocycles. The van der Waals surface area contributed by atoms with Crippen LogP contribution in [0.1, 0.15) is 17.3 Å². The van der Waals surface area contributed by atoms with E-state index in [4.69, 9.17) is 0 Å². The molecule has 0 atom stereocenters. The van der Waals surface area contributed by atoms with Gasteiger partial charge in [0.1, 0.15) is 0 Å². The number of nitro benzene ring substituents is 1. The number of rotatable bonds is 5. The normalized spacial score (nSPS) is 9.93. The zero-order chi connectivity index (χ0) is 11.3. The van der Waals surface area contributed by atoms with E-state index >= 15 is 0 Å². The molecule has 0 aliphatic heterocycles. The molecule has 0 spiro atoms. The number of benzene rings is 1. The summed E-state index contributed by atoms with van der Waals surface area (Å²) in [4.78, 5) is 21.5. The Morgan fingerprint density at radius 2 is 2.27 bits per heavy atom. The molecule has 1 aromatic carbocycles. The Morgan fingerprint density at radius 1 is 1.53 bits per heavy atom. The molecule has 5 heteroatoms. The lowest BCUT2D eigenvalue weighted by atomic mass is 10.1. The van der Waals surface area contributed by atoms with E-state index in [1.807, 2.05) is 6.92 Å². The Labute approximate surface area is 91.8 Å².